The maximum atomic E-state index is 12.5. The van der Waals surface area contributed by atoms with Crippen molar-refractivity contribution in [3.05, 3.63) is 18.2 Å². The number of nitrogens with one attached hydrogen (secondary N) is 1. The van der Waals surface area contributed by atoms with Gasteiger partial charge in [-0.05, 0) is 20.8 Å². The molecule has 0 spiro atoms. The largest absolute Gasteiger partial charge is 0.406 e. The summed E-state index contributed by atoms with van der Waals surface area (Å²) in [5.41, 5.74) is -0.455. The minimum absolute atomic E-state index is 0.0614. The number of hydrogen-bond acceptors (Lipinski definition) is 3. The topological polar surface area (TPSA) is 59.4 Å². The standard InChI is InChI=1S/C14H21F3N4O2/c1-10-7-21(8-13(2,3)23-10)12(22)19-6-11-18-4-5-20(11)9-14(15,16)17/h4-5,10H,6-9H2,1-3H3,(H,19,22). The lowest BCUT2D eigenvalue weighted by Gasteiger charge is -2.41. The maximum absolute atomic E-state index is 12.5. The lowest BCUT2D eigenvalue weighted by Crippen LogP contribution is -2.56. The maximum Gasteiger partial charge on any atom is 0.406 e. The van der Waals surface area contributed by atoms with Crippen LogP contribution in [0.5, 0.6) is 0 Å². The van der Waals surface area contributed by atoms with E-state index in [1.54, 1.807) is 4.90 Å². The van der Waals surface area contributed by atoms with Crippen molar-refractivity contribution < 1.29 is 22.7 Å². The Kier molecular flexibility index (Phi) is 4.88. The van der Waals surface area contributed by atoms with Crippen LogP contribution < -0.4 is 5.32 Å². The number of carbonyl (C=O) groups excluding carboxylic acids is 1. The van der Waals surface area contributed by atoms with E-state index in [0.717, 1.165) is 4.57 Å². The summed E-state index contributed by atoms with van der Waals surface area (Å²) in [5, 5.41) is 2.62. The number of alkyl halides is 3. The highest BCUT2D eigenvalue weighted by Crippen LogP contribution is 2.21. The van der Waals surface area contributed by atoms with E-state index < -0.39 is 18.3 Å². The third kappa shape index (κ3) is 5.12. The van der Waals surface area contributed by atoms with Crippen molar-refractivity contribution in [2.75, 3.05) is 13.1 Å². The molecule has 1 N–H and O–H groups in total. The predicted octanol–water partition coefficient (Wildman–Crippen LogP) is 2.15. The molecule has 0 aliphatic carbocycles. The number of halogens is 3. The number of imidazole rings is 1. The smallest absolute Gasteiger partial charge is 0.369 e. The van der Waals surface area contributed by atoms with Crippen LogP contribution in [-0.4, -0.2) is 51.5 Å². The summed E-state index contributed by atoms with van der Waals surface area (Å²) >= 11 is 0. The minimum atomic E-state index is -4.33. The Morgan fingerprint density at radius 3 is 2.83 bits per heavy atom. The molecule has 0 saturated carbocycles. The van der Waals surface area contributed by atoms with Crippen LogP contribution in [0.1, 0.15) is 26.6 Å². The average molecular weight is 334 g/mol. The van der Waals surface area contributed by atoms with Gasteiger partial charge in [0.2, 0.25) is 0 Å². The molecule has 1 aliphatic heterocycles. The first-order valence-electron chi connectivity index (χ1n) is 7.33. The van der Waals surface area contributed by atoms with E-state index in [0.29, 0.717) is 13.1 Å². The van der Waals surface area contributed by atoms with Gasteiger partial charge in [-0.1, -0.05) is 0 Å². The van der Waals surface area contributed by atoms with E-state index in [2.05, 4.69) is 10.3 Å². The van der Waals surface area contributed by atoms with Crippen molar-refractivity contribution >= 4 is 6.03 Å². The van der Waals surface area contributed by atoms with E-state index in [9.17, 15) is 18.0 Å². The molecular weight excluding hydrogens is 313 g/mol. The van der Waals surface area contributed by atoms with Crippen molar-refractivity contribution in [1.29, 1.82) is 0 Å². The first kappa shape index (κ1) is 17.6. The number of amides is 2. The average Bonchev–Trinajstić information content (AvgIpc) is 2.78. The molecule has 1 aliphatic rings. The minimum Gasteiger partial charge on any atom is -0.369 e. The van der Waals surface area contributed by atoms with E-state index in [4.69, 9.17) is 4.74 Å². The van der Waals surface area contributed by atoms with E-state index in [1.807, 2.05) is 20.8 Å². The molecule has 1 saturated heterocycles. The SMILES string of the molecule is CC1CN(C(=O)NCc2nccn2CC(F)(F)F)CC(C)(C)O1. The summed E-state index contributed by atoms with van der Waals surface area (Å²) in [6.07, 6.45) is -1.90. The Hall–Kier alpha value is -1.77. The third-order valence-corrected chi connectivity index (χ3v) is 3.41. The van der Waals surface area contributed by atoms with Crippen molar-refractivity contribution in [3.8, 4) is 0 Å². The summed E-state index contributed by atoms with van der Waals surface area (Å²) in [6.45, 7) is 5.31. The summed E-state index contributed by atoms with van der Waals surface area (Å²) in [4.78, 5) is 17.7. The number of urea groups is 1. The highest BCUT2D eigenvalue weighted by molar-refractivity contribution is 5.74. The van der Waals surface area contributed by atoms with Gasteiger partial charge in [0, 0.05) is 18.9 Å². The van der Waals surface area contributed by atoms with Crippen LogP contribution in [0, 0.1) is 0 Å². The monoisotopic (exact) mass is 334 g/mol. The number of morpholine rings is 1. The molecule has 23 heavy (non-hydrogen) atoms. The number of nitrogens with zero attached hydrogens (tertiary/aromatic N) is 3. The second-order valence-electron chi connectivity index (χ2n) is 6.31. The number of carbonyl (C=O) groups is 1. The van der Waals surface area contributed by atoms with E-state index in [1.165, 1.54) is 12.4 Å². The summed E-state index contributed by atoms with van der Waals surface area (Å²) in [5.74, 6) is 0.163. The van der Waals surface area contributed by atoms with Crippen molar-refractivity contribution in [2.45, 2.75) is 51.7 Å². The van der Waals surface area contributed by atoms with Crippen LogP contribution in [0.2, 0.25) is 0 Å². The van der Waals surface area contributed by atoms with Gasteiger partial charge in [-0.25, -0.2) is 9.78 Å². The first-order valence-corrected chi connectivity index (χ1v) is 7.33. The number of ether oxygens (including phenoxy) is 1. The molecule has 0 radical (unpaired) electrons. The molecule has 2 amide bonds. The van der Waals surface area contributed by atoms with Crippen molar-refractivity contribution in [1.82, 2.24) is 19.8 Å². The number of rotatable bonds is 3. The Morgan fingerprint density at radius 1 is 1.52 bits per heavy atom. The van der Waals surface area contributed by atoms with Gasteiger partial charge in [0.15, 0.2) is 0 Å². The molecule has 1 unspecified atom stereocenters. The zero-order valence-corrected chi connectivity index (χ0v) is 13.4. The first-order chi connectivity index (χ1) is 10.6. The Bertz CT molecular complexity index is 556. The van der Waals surface area contributed by atoms with Gasteiger partial charge >= 0.3 is 12.2 Å². The number of aromatic nitrogens is 2. The molecular formula is C14H21F3N4O2. The second kappa shape index (κ2) is 6.38. The molecule has 6 nitrogen and oxygen atoms in total. The normalized spacial score (nSPS) is 21.3. The molecule has 2 rings (SSSR count). The fourth-order valence-electron chi connectivity index (χ4n) is 2.72. The Balaban J connectivity index is 1.93. The van der Waals surface area contributed by atoms with Gasteiger partial charge in [-0.2, -0.15) is 13.2 Å². The van der Waals surface area contributed by atoms with Gasteiger partial charge in [-0.15, -0.1) is 0 Å². The molecule has 0 aromatic carbocycles. The Labute approximate surface area is 132 Å². The second-order valence-corrected chi connectivity index (χ2v) is 6.31. The fourth-order valence-corrected chi connectivity index (χ4v) is 2.72. The summed E-state index contributed by atoms with van der Waals surface area (Å²) < 4.78 is 44.1. The summed E-state index contributed by atoms with van der Waals surface area (Å²) in [6, 6.07) is -0.338. The van der Waals surface area contributed by atoms with Gasteiger partial charge < -0.3 is 19.5 Å². The molecule has 1 aromatic rings. The third-order valence-electron chi connectivity index (χ3n) is 3.41. The van der Waals surface area contributed by atoms with Gasteiger partial charge in [-0.3, -0.25) is 0 Å². The zero-order valence-electron chi connectivity index (χ0n) is 13.4. The Morgan fingerprint density at radius 2 is 2.22 bits per heavy atom. The molecule has 0 bridgehead atoms. The van der Waals surface area contributed by atoms with Gasteiger partial charge in [0.1, 0.15) is 12.4 Å². The highest BCUT2D eigenvalue weighted by atomic mass is 19.4. The van der Waals surface area contributed by atoms with Crippen LogP contribution in [0.3, 0.4) is 0 Å². The quantitative estimate of drug-likeness (QED) is 0.921. The molecule has 1 aromatic heterocycles. The zero-order chi connectivity index (χ0) is 17.3. The van der Waals surface area contributed by atoms with Crippen LogP contribution in [0.15, 0.2) is 12.4 Å². The van der Waals surface area contributed by atoms with Gasteiger partial charge in [0.05, 0.1) is 24.8 Å². The molecule has 9 heteroatoms. The molecule has 1 fully saturated rings. The molecule has 130 valence electrons. The molecule has 2 heterocycles. The van der Waals surface area contributed by atoms with Crippen LogP contribution in [0.25, 0.3) is 0 Å². The highest BCUT2D eigenvalue weighted by Gasteiger charge is 2.34. The predicted molar refractivity (Wildman–Crippen MR) is 76.7 cm³/mol. The van der Waals surface area contributed by atoms with Gasteiger partial charge in [0.25, 0.3) is 0 Å². The fraction of sp³-hybridized carbons (Fsp3) is 0.714. The molecule has 1 atom stereocenters. The van der Waals surface area contributed by atoms with Crippen LogP contribution in [-0.2, 0) is 17.8 Å². The van der Waals surface area contributed by atoms with Crippen LogP contribution >= 0.6 is 0 Å². The van der Waals surface area contributed by atoms with Crippen molar-refractivity contribution in [3.63, 3.8) is 0 Å². The summed E-state index contributed by atoms with van der Waals surface area (Å²) in [7, 11) is 0. The van der Waals surface area contributed by atoms with Crippen LogP contribution in [0.4, 0.5) is 18.0 Å². The lowest BCUT2D eigenvalue weighted by molar-refractivity contribution is -0.141. The van der Waals surface area contributed by atoms with E-state index in [-0.39, 0.29) is 24.5 Å². The lowest BCUT2D eigenvalue weighted by atomic mass is 10.1. The van der Waals surface area contributed by atoms with Crippen molar-refractivity contribution in [2.24, 2.45) is 0 Å². The number of hydrogen-bond donors (Lipinski definition) is 1. The van der Waals surface area contributed by atoms with E-state index >= 15 is 0 Å².